The van der Waals surface area contributed by atoms with Gasteiger partial charge in [0, 0.05) is 36.7 Å². The van der Waals surface area contributed by atoms with Gasteiger partial charge in [0.25, 0.3) is 0 Å². The Morgan fingerprint density at radius 3 is 2.50 bits per heavy atom. The average molecular weight is 456 g/mol. The number of rotatable bonds is 5. The van der Waals surface area contributed by atoms with E-state index in [0.717, 1.165) is 49.2 Å². The molecule has 34 heavy (non-hydrogen) atoms. The number of hydrogen-bond donors (Lipinski definition) is 1. The number of aliphatic hydroxyl groups is 1. The lowest BCUT2D eigenvalue weighted by Gasteiger charge is -2.57. The molecular formula is C29H30FN3O. The molecule has 5 heteroatoms. The lowest BCUT2D eigenvalue weighted by atomic mass is 9.74. The molecule has 0 bridgehead atoms. The molecule has 2 fully saturated rings. The maximum absolute atomic E-state index is 14.3. The highest BCUT2D eigenvalue weighted by Crippen LogP contribution is 2.42. The van der Waals surface area contributed by atoms with Crippen LogP contribution >= 0.6 is 0 Å². The summed E-state index contributed by atoms with van der Waals surface area (Å²) in [7, 11) is 0. The first-order chi connectivity index (χ1) is 16.7. The van der Waals surface area contributed by atoms with Crippen molar-refractivity contribution in [2.75, 3.05) is 26.2 Å². The highest BCUT2D eigenvalue weighted by molar-refractivity contribution is 5.65. The van der Waals surface area contributed by atoms with Gasteiger partial charge in [0.1, 0.15) is 5.82 Å². The molecule has 0 radical (unpaired) electrons. The van der Waals surface area contributed by atoms with Crippen LogP contribution in [-0.2, 0) is 6.54 Å². The third-order valence-corrected chi connectivity index (χ3v) is 7.43. The Balaban J connectivity index is 1.37. The molecule has 2 aliphatic rings. The molecule has 0 amide bonds. The SMILES string of the molecule is N#Cc1cccc(-c2ccc([C@H]3[C@H]4CN(Cc5ccccc5F)CCCCN4[C@H]3CO)cc2)c1. The maximum Gasteiger partial charge on any atom is 0.127 e. The van der Waals surface area contributed by atoms with Crippen molar-refractivity contribution in [1.29, 1.82) is 5.26 Å². The third-order valence-electron chi connectivity index (χ3n) is 7.43. The fourth-order valence-corrected chi connectivity index (χ4v) is 5.69. The lowest BCUT2D eigenvalue weighted by molar-refractivity contribution is -0.0656. The molecule has 0 saturated carbocycles. The van der Waals surface area contributed by atoms with Crippen LogP contribution in [0.3, 0.4) is 0 Å². The van der Waals surface area contributed by atoms with Crippen LogP contribution in [0.2, 0.25) is 0 Å². The summed E-state index contributed by atoms with van der Waals surface area (Å²) in [6.07, 6.45) is 2.17. The molecule has 174 valence electrons. The van der Waals surface area contributed by atoms with E-state index in [2.05, 4.69) is 40.1 Å². The first kappa shape index (κ1) is 22.7. The molecule has 0 unspecified atom stereocenters. The molecule has 4 nitrogen and oxygen atoms in total. The zero-order chi connectivity index (χ0) is 23.5. The Bertz CT molecular complexity index is 1170. The molecule has 1 N–H and O–H groups in total. The smallest absolute Gasteiger partial charge is 0.127 e. The van der Waals surface area contributed by atoms with Gasteiger partial charge < -0.3 is 5.11 Å². The highest BCUT2D eigenvalue weighted by atomic mass is 19.1. The van der Waals surface area contributed by atoms with Gasteiger partial charge >= 0.3 is 0 Å². The largest absolute Gasteiger partial charge is 0.395 e. The summed E-state index contributed by atoms with van der Waals surface area (Å²) in [6.45, 7) is 3.58. The minimum atomic E-state index is -0.143. The second kappa shape index (κ2) is 10.1. The molecule has 0 spiro atoms. The summed E-state index contributed by atoms with van der Waals surface area (Å²) in [5, 5.41) is 19.4. The molecule has 5 rings (SSSR count). The number of hydrogen-bond acceptors (Lipinski definition) is 4. The van der Waals surface area contributed by atoms with Gasteiger partial charge in [0.15, 0.2) is 0 Å². The van der Waals surface area contributed by atoms with E-state index in [9.17, 15) is 14.8 Å². The zero-order valence-corrected chi connectivity index (χ0v) is 19.3. The van der Waals surface area contributed by atoms with Gasteiger partial charge in [-0.2, -0.15) is 5.26 Å². The van der Waals surface area contributed by atoms with Crippen molar-refractivity contribution < 1.29 is 9.50 Å². The van der Waals surface area contributed by atoms with E-state index in [-0.39, 0.29) is 24.4 Å². The zero-order valence-electron chi connectivity index (χ0n) is 19.3. The first-order valence-electron chi connectivity index (χ1n) is 12.1. The van der Waals surface area contributed by atoms with E-state index in [1.54, 1.807) is 6.07 Å². The number of halogens is 1. The molecule has 2 saturated heterocycles. The van der Waals surface area contributed by atoms with Crippen LogP contribution in [0, 0.1) is 17.1 Å². The summed E-state index contributed by atoms with van der Waals surface area (Å²) < 4.78 is 14.3. The van der Waals surface area contributed by atoms with E-state index in [0.29, 0.717) is 18.2 Å². The van der Waals surface area contributed by atoms with Gasteiger partial charge in [0.2, 0.25) is 0 Å². The van der Waals surface area contributed by atoms with Crippen LogP contribution in [0.15, 0.2) is 72.8 Å². The quantitative estimate of drug-likeness (QED) is 0.601. The first-order valence-corrected chi connectivity index (χ1v) is 12.1. The second-order valence-corrected chi connectivity index (χ2v) is 9.43. The van der Waals surface area contributed by atoms with Gasteiger partial charge in [-0.3, -0.25) is 9.80 Å². The van der Waals surface area contributed by atoms with Crippen LogP contribution in [0.5, 0.6) is 0 Å². The standard InChI is InChI=1S/C29H30FN3O/c30-26-9-2-1-7-25(26)18-32-14-3-4-15-33-27(19-32)29(28(33)20-34)23-12-10-22(11-13-23)24-8-5-6-21(16-24)17-31/h1-2,5-13,16,27-29,34H,3-4,14-15,18-20H2/t27-,28+,29+/m1/s1. The normalized spacial score (nSPS) is 23.3. The summed E-state index contributed by atoms with van der Waals surface area (Å²) in [4.78, 5) is 4.82. The number of nitrogens with zero attached hydrogens (tertiary/aromatic N) is 3. The van der Waals surface area contributed by atoms with Crippen LogP contribution in [-0.4, -0.2) is 53.2 Å². The molecular weight excluding hydrogens is 425 g/mol. The van der Waals surface area contributed by atoms with Gasteiger partial charge in [-0.05, 0) is 60.8 Å². The van der Waals surface area contributed by atoms with Crippen molar-refractivity contribution in [2.24, 2.45) is 0 Å². The van der Waals surface area contributed by atoms with E-state index in [4.69, 9.17) is 0 Å². The van der Waals surface area contributed by atoms with Crippen LogP contribution in [0.1, 0.15) is 35.4 Å². The molecule has 2 heterocycles. The Hall–Kier alpha value is -3.04. The number of benzene rings is 3. The number of nitriles is 1. The molecule has 2 aliphatic heterocycles. The minimum Gasteiger partial charge on any atom is -0.395 e. The van der Waals surface area contributed by atoms with E-state index in [1.807, 2.05) is 36.4 Å². The van der Waals surface area contributed by atoms with Gasteiger partial charge in [0.05, 0.1) is 18.2 Å². The average Bonchev–Trinajstić information content (AvgIpc) is 2.86. The van der Waals surface area contributed by atoms with E-state index < -0.39 is 0 Å². The minimum absolute atomic E-state index is 0.117. The van der Waals surface area contributed by atoms with E-state index in [1.165, 1.54) is 11.6 Å². The van der Waals surface area contributed by atoms with Gasteiger partial charge in [-0.1, -0.05) is 54.6 Å². The molecule has 3 aromatic rings. The number of fused-ring (bicyclic) bond motifs is 1. The summed E-state index contributed by atoms with van der Waals surface area (Å²) in [5.74, 6) is 0.0987. The van der Waals surface area contributed by atoms with Crippen LogP contribution < -0.4 is 0 Å². The molecule has 3 aromatic carbocycles. The predicted molar refractivity (Wildman–Crippen MR) is 132 cm³/mol. The van der Waals surface area contributed by atoms with Gasteiger partial charge in [-0.15, -0.1) is 0 Å². The van der Waals surface area contributed by atoms with Crippen LogP contribution in [0.25, 0.3) is 11.1 Å². The van der Waals surface area contributed by atoms with Crippen molar-refractivity contribution in [3.8, 4) is 17.2 Å². The Labute approximate surface area is 200 Å². The molecule has 0 aliphatic carbocycles. The van der Waals surface area contributed by atoms with Crippen molar-refractivity contribution in [1.82, 2.24) is 9.80 Å². The monoisotopic (exact) mass is 455 g/mol. The second-order valence-electron chi connectivity index (χ2n) is 9.43. The maximum atomic E-state index is 14.3. The highest BCUT2D eigenvalue weighted by Gasteiger charge is 2.49. The van der Waals surface area contributed by atoms with Crippen LogP contribution in [0.4, 0.5) is 4.39 Å². The Morgan fingerprint density at radius 2 is 1.74 bits per heavy atom. The fourth-order valence-electron chi connectivity index (χ4n) is 5.69. The summed E-state index contributed by atoms with van der Waals surface area (Å²) in [6, 6.07) is 25.9. The van der Waals surface area contributed by atoms with Crippen molar-refractivity contribution in [3.05, 3.63) is 95.3 Å². The molecule has 0 aromatic heterocycles. The number of aliphatic hydroxyl groups excluding tert-OH is 1. The van der Waals surface area contributed by atoms with E-state index >= 15 is 0 Å². The topological polar surface area (TPSA) is 50.5 Å². The Morgan fingerprint density at radius 1 is 0.941 bits per heavy atom. The van der Waals surface area contributed by atoms with Crippen molar-refractivity contribution in [3.63, 3.8) is 0 Å². The van der Waals surface area contributed by atoms with Crippen molar-refractivity contribution >= 4 is 0 Å². The predicted octanol–water partition coefficient (Wildman–Crippen LogP) is 4.79. The summed E-state index contributed by atoms with van der Waals surface area (Å²) in [5.41, 5.74) is 4.74. The molecule has 3 atom stereocenters. The third kappa shape index (κ3) is 4.50. The van der Waals surface area contributed by atoms with Crippen molar-refractivity contribution in [2.45, 2.75) is 37.4 Å². The fraction of sp³-hybridized carbons (Fsp3) is 0.345. The lowest BCUT2D eigenvalue weighted by Crippen LogP contribution is -2.67. The van der Waals surface area contributed by atoms with Gasteiger partial charge in [-0.25, -0.2) is 4.39 Å². The Kier molecular flexibility index (Phi) is 6.73. The summed E-state index contributed by atoms with van der Waals surface area (Å²) >= 11 is 0.